The van der Waals surface area contributed by atoms with Crippen LogP contribution in [0.25, 0.3) is 32.8 Å². The van der Waals surface area contributed by atoms with Crippen LogP contribution in [0.2, 0.25) is 5.02 Å². The fraction of sp³-hybridized carbons (Fsp3) is 0.400. The molecule has 8 nitrogen and oxygen atoms in total. The van der Waals surface area contributed by atoms with Gasteiger partial charge in [-0.15, -0.1) is 0 Å². The van der Waals surface area contributed by atoms with Gasteiger partial charge in [0.25, 0.3) is 0 Å². The van der Waals surface area contributed by atoms with Gasteiger partial charge < -0.3 is 14.7 Å². The number of nitrogens with zero attached hydrogens (tertiary/aromatic N) is 6. The number of phenols is 1. The number of alkyl halides is 1. The second-order valence-corrected chi connectivity index (χ2v) is 13.3. The molecule has 0 unspecified atom stereocenters. The molecule has 0 amide bonds. The highest BCUT2D eigenvalue weighted by molar-refractivity contribution is 6.31. The van der Waals surface area contributed by atoms with Crippen LogP contribution < -0.4 is 9.64 Å². The van der Waals surface area contributed by atoms with Crippen molar-refractivity contribution in [3.8, 4) is 22.9 Å². The van der Waals surface area contributed by atoms with E-state index in [4.69, 9.17) is 21.3 Å². The molecule has 0 bridgehead atoms. The van der Waals surface area contributed by atoms with Gasteiger partial charge in [0.05, 0.1) is 29.0 Å². The van der Waals surface area contributed by atoms with E-state index in [1.165, 1.54) is 12.1 Å². The van der Waals surface area contributed by atoms with Crippen molar-refractivity contribution in [3.63, 3.8) is 0 Å². The fourth-order valence-corrected chi connectivity index (χ4v) is 8.14. The molecule has 5 aromatic rings. The highest BCUT2D eigenvalue weighted by Crippen LogP contribution is 2.42. The van der Waals surface area contributed by atoms with Gasteiger partial charge in [-0.05, 0) is 78.4 Å². The Kier molecular flexibility index (Phi) is 7.44. The lowest BCUT2D eigenvalue weighted by atomic mass is 9.92. The topological polar surface area (TPSA) is 79.5 Å². The van der Waals surface area contributed by atoms with Gasteiger partial charge in [-0.3, -0.25) is 9.58 Å². The van der Waals surface area contributed by atoms with Crippen LogP contribution in [0.3, 0.4) is 0 Å². The van der Waals surface area contributed by atoms with Crippen LogP contribution in [-0.2, 0) is 19.5 Å². The number of phenolic OH excluding ortho intramolecular Hbond substituents is 1. The first kappa shape index (κ1) is 30.3. The SMILES string of the molecule is CCc1c(F)ccc2cc(O)cc(-c3ccc4c(N5CCCn6ncc(Cl)c6C5)nc(OC[C@@]56CCCN5C[C@H](F)C6)nc4c3F)c12. The number of hydrogen-bond donors (Lipinski definition) is 1. The van der Waals surface area contributed by atoms with Crippen molar-refractivity contribution in [2.75, 3.05) is 31.1 Å². The number of rotatable bonds is 6. The molecule has 47 heavy (non-hydrogen) atoms. The summed E-state index contributed by atoms with van der Waals surface area (Å²) in [5, 5.41) is 17.2. The molecule has 2 aromatic heterocycles. The minimum absolute atomic E-state index is 0.00278. The van der Waals surface area contributed by atoms with E-state index in [0.29, 0.717) is 77.1 Å². The maximum atomic E-state index is 17.0. The van der Waals surface area contributed by atoms with Crippen LogP contribution in [0.5, 0.6) is 11.8 Å². The second-order valence-electron chi connectivity index (χ2n) is 12.9. The van der Waals surface area contributed by atoms with E-state index < -0.39 is 23.3 Å². The fourth-order valence-electron chi connectivity index (χ4n) is 7.93. The first-order valence-corrected chi connectivity index (χ1v) is 16.5. The van der Waals surface area contributed by atoms with Gasteiger partial charge in [-0.25, -0.2) is 13.2 Å². The average molecular weight is 663 g/mol. The third-order valence-corrected chi connectivity index (χ3v) is 10.4. The third kappa shape index (κ3) is 5.06. The number of halogens is 4. The minimum atomic E-state index is -0.923. The van der Waals surface area contributed by atoms with Crippen molar-refractivity contribution in [1.29, 1.82) is 0 Å². The van der Waals surface area contributed by atoms with Crippen LogP contribution in [-0.4, -0.2) is 67.7 Å². The molecule has 0 aliphatic carbocycles. The molecule has 2 atom stereocenters. The molecule has 0 spiro atoms. The smallest absolute Gasteiger partial charge is 0.319 e. The Morgan fingerprint density at radius 2 is 1.94 bits per heavy atom. The summed E-state index contributed by atoms with van der Waals surface area (Å²) in [6, 6.07) is 9.36. The highest BCUT2D eigenvalue weighted by Gasteiger charge is 2.49. The zero-order valence-corrected chi connectivity index (χ0v) is 26.7. The van der Waals surface area contributed by atoms with Gasteiger partial charge in [0.1, 0.15) is 35.7 Å². The Labute approximate surface area is 274 Å². The summed E-state index contributed by atoms with van der Waals surface area (Å²) < 4.78 is 54.7. The molecule has 3 aliphatic rings. The van der Waals surface area contributed by atoms with Crippen LogP contribution in [0.15, 0.2) is 42.6 Å². The van der Waals surface area contributed by atoms with Crippen LogP contribution in [0.1, 0.15) is 43.9 Å². The highest BCUT2D eigenvalue weighted by atomic mass is 35.5. The summed E-state index contributed by atoms with van der Waals surface area (Å²) in [5.41, 5.74) is 1.39. The number of aromatic hydroxyl groups is 1. The number of hydrogen-bond acceptors (Lipinski definition) is 7. The van der Waals surface area contributed by atoms with Crippen molar-refractivity contribution in [3.05, 3.63) is 70.5 Å². The van der Waals surface area contributed by atoms with Crippen LogP contribution in [0.4, 0.5) is 19.0 Å². The monoisotopic (exact) mass is 662 g/mol. The molecule has 244 valence electrons. The molecule has 1 N–H and O–H groups in total. The van der Waals surface area contributed by atoms with Crippen molar-refractivity contribution < 1.29 is 23.0 Å². The molecule has 3 aliphatic heterocycles. The predicted molar refractivity (Wildman–Crippen MR) is 175 cm³/mol. The molecule has 2 saturated heterocycles. The Bertz CT molecular complexity index is 2040. The van der Waals surface area contributed by atoms with Crippen molar-refractivity contribution >= 4 is 39.1 Å². The largest absolute Gasteiger partial charge is 0.508 e. The number of benzene rings is 3. The standard InChI is InChI=1S/C35H34ClF3N6O2/c1-2-23-28(38)8-5-20-13-22(46)14-26(30(20)23)24-6-7-25-32(31(24)39)41-34(47-19-35-9-3-11-44(35)17-21(37)15-35)42-33(25)43-10-4-12-45-29(18-43)27(36)16-40-45/h5-8,13-14,16,21,46H,2-4,9-12,15,17-19H2,1H3/t21-,35+/m1/s1. The Hall–Kier alpha value is -4.09. The van der Waals surface area contributed by atoms with Gasteiger partial charge >= 0.3 is 6.01 Å². The Morgan fingerprint density at radius 3 is 2.79 bits per heavy atom. The van der Waals surface area contributed by atoms with E-state index in [9.17, 15) is 9.50 Å². The molecule has 8 rings (SSSR count). The van der Waals surface area contributed by atoms with Gasteiger partial charge in [-0.1, -0.05) is 30.7 Å². The first-order valence-electron chi connectivity index (χ1n) is 16.2. The summed E-state index contributed by atoms with van der Waals surface area (Å²) in [6.07, 6.45) is 3.98. The molecule has 5 heterocycles. The summed E-state index contributed by atoms with van der Waals surface area (Å²) in [5.74, 6) is -0.611. The Balaban J connectivity index is 1.29. The van der Waals surface area contributed by atoms with Gasteiger partial charge in [0.15, 0.2) is 5.82 Å². The molecule has 0 saturated carbocycles. The van der Waals surface area contributed by atoms with E-state index in [2.05, 4.69) is 15.0 Å². The number of fused-ring (bicyclic) bond motifs is 4. The number of aromatic nitrogens is 4. The van der Waals surface area contributed by atoms with Gasteiger partial charge in [0.2, 0.25) is 0 Å². The zero-order chi connectivity index (χ0) is 32.4. The number of aryl methyl sites for hydroxylation is 2. The second kappa shape index (κ2) is 11.6. The maximum absolute atomic E-state index is 17.0. The van der Waals surface area contributed by atoms with Crippen molar-refractivity contribution in [2.45, 2.75) is 63.8 Å². The number of ether oxygens (including phenoxy) is 1. The summed E-state index contributed by atoms with van der Waals surface area (Å²) in [6.45, 7) is 4.89. The molecular weight excluding hydrogens is 629 g/mol. The van der Waals surface area contributed by atoms with E-state index in [-0.39, 0.29) is 29.4 Å². The lowest BCUT2D eigenvalue weighted by molar-refractivity contribution is 0.107. The molecule has 2 fully saturated rings. The normalized spacial score (nSPS) is 21.4. The van der Waals surface area contributed by atoms with Crippen LogP contribution >= 0.6 is 11.6 Å². The molecule has 12 heteroatoms. The zero-order valence-electron chi connectivity index (χ0n) is 25.9. The lowest BCUT2D eigenvalue weighted by Gasteiger charge is -2.31. The third-order valence-electron chi connectivity index (χ3n) is 10.1. The Morgan fingerprint density at radius 1 is 1.06 bits per heavy atom. The van der Waals surface area contributed by atoms with E-state index in [0.717, 1.165) is 31.5 Å². The summed E-state index contributed by atoms with van der Waals surface area (Å²) in [4.78, 5) is 13.6. The van der Waals surface area contributed by atoms with Crippen molar-refractivity contribution in [2.24, 2.45) is 0 Å². The van der Waals surface area contributed by atoms with E-state index >= 15 is 8.78 Å². The van der Waals surface area contributed by atoms with E-state index in [1.807, 2.05) is 16.5 Å². The number of anilines is 1. The first-order chi connectivity index (χ1) is 22.7. The minimum Gasteiger partial charge on any atom is -0.508 e. The molecule has 0 radical (unpaired) electrons. The summed E-state index contributed by atoms with van der Waals surface area (Å²) in [7, 11) is 0. The van der Waals surface area contributed by atoms with Crippen LogP contribution in [0, 0.1) is 11.6 Å². The predicted octanol–water partition coefficient (Wildman–Crippen LogP) is 7.21. The van der Waals surface area contributed by atoms with E-state index in [1.54, 1.807) is 30.5 Å². The van der Waals surface area contributed by atoms with Crippen molar-refractivity contribution in [1.82, 2.24) is 24.6 Å². The average Bonchev–Trinajstić information content (AvgIpc) is 3.64. The quantitative estimate of drug-likeness (QED) is 0.206. The lowest BCUT2D eigenvalue weighted by Crippen LogP contribution is -2.43. The molecular formula is C35H34ClF3N6O2. The maximum Gasteiger partial charge on any atom is 0.319 e. The van der Waals surface area contributed by atoms with Gasteiger partial charge in [-0.2, -0.15) is 15.1 Å². The summed E-state index contributed by atoms with van der Waals surface area (Å²) >= 11 is 6.52. The van der Waals surface area contributed by atoms with Gasteiger partial charge in [0, 0.05) is 37.0 Å². The molecule has 3 aromatic carbocycles.